The fourth-order valence-electron chi connectivity index (χ4n) is 3.12. The molecular weight excluding hydrogens is 326 g/mol. The molecule has 0 atom stereocenters. The van der Waals surface area contributed by atoms with Gasteiger partial charge in [0.25, 0.3) is 5.56 Å². The molecule has 1 aromatic heterocycles. The Bertz CT molecular complexity index is 1020. The minimum atomic E-state index is -0.432. The summed E-state index contributed by atoms with van der Waals surface area (Å²) < 4.78 is 0. The van der Waals surface area contributed by atoms with Crippen molar-refractivity contribution in [2.45, 2.75) is 27.4 Å². The summed E-state index contributed by atoms with van der Waals surface area (Å²) in [7, 11) is 0. The summed E-state index contributed by atoms with van der Waals surface area (Å²) in [5.41, 5.74) is 4.63. The predicted octanol–water partition coefficient (Wildman–Crippen LogP) is 3.97. The summed E-state index contributed by atoms with van der Waals surface area (Å²) in [6.07, 6.45) is 0. The molecule has 3 aromatic rings. The van der Waals surface area contributed by atoms with Crippen LogP contribution >= 0.6 is 11.6 Å². The number of phenols is 1. The summed E-state index contributed by atoms with van der Waals surface area (Å²) in [5.74, 6) is 0.0126. The number of rotatable bonds is 2. The lowest BCUT2D eigenvalue weighted by Crippen LogP contribution is -2.15. The van der Waals surface area contributed by atoms with E-state index in [1.54, 1.807) is 12.1 Å². The molecule has 0 aliphatic carbocycles. The monoisotopic (exact) mass is 343 g/mol. The SMILES string of the molecule is Cc1cc2[nH]c(=O)c(CO)c(-c3cc(Cl)ccc3O)c2c(C)c1C. The molecule has 0 saturated carbocycles. The van der Waals surface area contributed by atoms with Crippen LogP contribution < -0.4 is 5.56 Å². The van der Waals surface area contributed by atoms with Crippen molar-refractivity contribution in [2.24, 2.45) is 0 Å². The molecule has 0 saturated heterocycles. The van der Waals surface area contributed by atoms with Crippen LogP contribution in [0.25, 0.3) is 22.0 Å². The van der Waals surface area contributed by atoms with Crippen molar-refractivity contribution in [3.8, 4) is 16.9 Å². The van der Waals surface area contributed by atoms with Crippen molar-refractivity contribution < 1.29 is 10.2 Å². The van der Waals surface area contributed by atoms with Gasteiger partial charge >= 0.3 is 0 Å². The van der Waals surface area contributed by atoms with Crippen LogP contribution in [0.5, 0.6) is 5.75 Å². The molecule has 0 aliphatic heterocycles. The van der Waals surface area contributed by atoms with E-state index in [1.807, 2.05) is 26.8 Å². The average Bonchev–Trinajstić information content (AvgIpc) is 2.54. The van der Waals surface area contributed by atoms with Gasteiger partial charge in [-0.25, -0.2) is 0 Å². The summed E-state index contributed by atoms with van der Waals surface area (Å²) in [6, 6.07) is 6.59. The van der Waals surface area contributed by atoms with Crippen LogP contribution in [0.4, 0.5) is 0 Å². The van der Waals surface area contributed by atoms with Crippen molar-refractivity contribution in [1.29, 1.82) is 0 Å². The Hall–Kier alpha value is -2.30. The lowest BCUT2D eigenvalue weighted by molar-refractivity contribution is 0.281. The highest BCUT2D eigenvalue weighted by Crippen LogP contribution is 2.39. The van der Waals surface area contributed by atoms with Gasteiger partial charge in [0, 0.05) is 27.1 Å². The predicted molar refractivity (Wildman–Crippen MR) is 96.8 cm³/mol. The third-order valence-electron chi connectivity index (χ3n) is 4.62. The van der Waals surface area contributed by atoms with Gasteiger partial charge < -0.3 is 15.2 Å². The fraction of sp³-hybridized carbons (Fsp3) is 0.211. The Morgan fingerprint density at radius 1 is 1.12 bits per heavy atom. The molecule has 0 bridgehead atoms. The highest BCUT2D eigenvalue weighted by molar-refractivity contribution is 6.31. The Kier molecular flexibility index (Phi) is 4.11. The number of aromatic hydroxyl groups is 1. The van der Waals surface area contributed by atoms with E-state index in [4.69, 9.17) is 11.6 Å². The van der Waals surface area contributed by atoms with E-state index in [-0.39, 0.29) is 16.9 Å². The van der Waals surface area contributed by atoms with Gasteiger partial charge in [0.2, 0.25) is 0 Å². The molecule has 2 aromatic carbocycles. The van der Waals surface area contributed by atoms with Gasteiger partial charge in [-0.15, -0.1) is 0 Å². The Balaban J connectivity index is 2.60. The van der Waals surface area contributed by atoms with Crippen LogP contribution in [-0.2, 0) is 6.61 Å². The number of phenolic OH excluding ortho intramolecular Hbond substituents is 1. The molecule has 0 aliphatic rings. The second kappa shape index (κ2) is 5.96. The summed E-state index contributed by atoms with van der Waals surface area (Å²) in [4.78, 5) is 15.3. The highest BCUT2D eigenvalue weighted by Gasteiger charge is 2.19. The van der Waals surface area contributed by atoms with Gasteiger partial charge in [-0.05, 0) is 61.7 Å². The van der Waals surface area contributed by atoms with E-state index in [2.05, 4.69) is 4.98 Å². The van der Waals surface area contributed by atoms with Crippen molar-refractivity contribution in [2.75, 3.05) is 0 Å². The molecule has 0 spiro atoms. The third kappa shape index (κ3) is 2.48. The lowest BCUT2D eigenvalue weighted by atomic mass is 9.90. The van der Waals surface area contributed by atoms with Crippen LogP contribution in [0.2, 0.25) is 5.02 Å². The lowest BCUT2D eigenvalue weighted by Gasteiger charge is -2.17. The summed E-state index contributed by atoms with van der Waals surface area (Å²) in [6.45, 7) is 5.53. The van der Waals surface area contributed by atoms with Gasteiger partial charge in [-0.1, -0.05) is 11.6 Å². The number of aliphatic hydroxyl groups excluding tert-OH is 1. The quantitative estimate of drug-likeness (QED) is 0.659. The van der Waals surface area contributed by atoms with Crippen LogP contribution in [-0.4, -0.2) is 15.2 Å². The Labute approximate surface area is 144 Å². The van der Waals surface area contributed by atoms with Crippen molar-refractivity contribution >= 4 is 22.5 Å². The first kappa shape index (κ1) is 16.6. The number of aryl methyl sites for hydroxylation is 2. The second-order valence-corrected chi connectivity index (χ2v) is 6.43. The highest BCUT2D eigenvalue weighted by atomic mass is 35.5. The van der Waals surface area contributed by atoms with E-state index < -0.39 is 6.61 Å². The van der Waals surface area contributed by atoms with E-state index in [0.717, 1.165) is 22.1 Å². The van der Waals surface area contributed by atoms with Crippen LogP contribution in [0.15, 0.2) is 29.1 Å². The maximum absolute atomic E-state index is 12.4. The summed E-state index contributed by atoms with van der Waals surface area (Å²) in [5, 5.41) is 21.3. The van der Waals surface area contributed by atoms with E-state index >= 15 is 0 Å². The van der Waals surface area contributed by atoms with Gasteiger partial charge in [0.05, 0.1) is 12.2 Å². The zero-order valence-electron chi connectivity index (χ0n) is 13.7. The minimum Gasteiger partial charge on any atom is -0.507 e. The van der Waals surface area contributed by atoms with Crippen molar-refractivity contribution in [3.63, 3.8) is 0 Å². The second-order valence-electron chi connectivity index (χ2n) is 5.99. The molecule has 24 heavy (non-hydrogen) atoms. The molecule has 3 N–H and O–H groups in total. The van der Waals surface area contributed by atoms with E-state index in [1.165, 1.54) is 6.07 Å². The van der Waals surface area contributed by atoms with Gasteiger partial charge in [-0.3, -0.25) is 4.79 Å². The number of benzene rings is 2. The zero-order valence-corrected chi connectivity index (χ0v) is 14.5. The number of H-pyrrole nitrogens is 1. The van der Waals surface area contributed by atoms with Crippen molar-refractivity contribution in [1.82, 2.24) is 4.98 Å². The number of hydrogen-bond donors (Lipinski definition) is 3. The first-order chi connectivity index (χ1) is 11.3. The number of pyridine rings is 1. The number of nitrogens with one attached hydrogen (secondary N) is 1. The first-order valence-corrected chi connectivity index (χ1v) is 7.98. The molecule has 0 radical (unpaired) electrons. The van der Waals surface area contributed by atoms with E-state index in [9.17, 15) is 15.0 Å². The smallest absolute Gasteiger partial charge is 0.254 e. The zero-order chi connectivity index (χ0) is 17.6. The standard InChI is InChI=1S/C19H18ClNO3/c1-9-6-15-17(11(3)10(9)2)18(14(8-22)19(24)21-15)13-7-12(20)4-5-16(13)23/h4-7,22-23H,8H2,1-3H3,(H,21,24). The number of aliphatic hydroxyl groups is 1. The molecule has 0 unspecified atom stereocenters. The molecule has 0 amide bonds. The molecule has 1 heterocycles. The molecule has 3 rings (SSSR count). The number of aromatic nitrogens is 1. The van der Waals surface area contributed by atoms with Gasteiger partial charge in [0.1, 0.15) is 5.75 Å². The van der Waals surface area contributed by atoms with Gasteiger partial charge in [-0.2, -0.15) is 0 Å². The number of halogens is 1. The largest absolute Gasteiger partial charge is 0.507 e. The maximum atomic E-state index is 12.4. The Morgan fingerprint density at radius 2 is 1.83 bits per heavy atom. The number of hydrogen-bond acceptors (Lipinski definition) is 3. The molecule has 124 valence electrons. The fourth-order valence-corrected chi connectivity index (χ4v) is 3.29. The Morgan fingerprint density at radius 3 is 2.50 bits per heavy atom. The van der Waals surface area contributed by atoms with Crippen LogP contribution in [0.1, 0.15) is 22.3 Å². The molecule has 0 fully saturated rings. The van der Waals surface area contributed by atoms with Crippen LogP contribution in [0, 0.1) is 20.8 Å². The maximum Gasteiger partial charge on any atom is 0.254 e. The van der Waals surface area contributed by atoms with Gasteiger partial charge in [0.15, 0.2) is 0 Å². The molecular formula is C19H18ClNO3. The topological polar surface area (TPSA) is 73.3 Å². The summed E-state index contributed by atoms with van der Waals surface area (Å²) >= 11 is 6.09. The van der Waals surface area contributed by atoms with E-state index in [0.29, 0.717) is 21.7 Å². The average molecular weight is 344 g/mol. The normalized spacial score (nSPS) is 11.2. The molecule has 4 nitrogen and oxygen atoms in total. The van der Waals surface area contributed by atoms with Crippen LogP contribution in [0.3, 0.4) is 0 Å². The number of aromatic amines is 1. The first-order valence-electron chi connectivity index (χ1n) is 7.60. The van der Waals surface area contributed by atoms with Crippen molar-refractivity contribution in [3.05, 3.63) is 61.9 Å². The molecule has 5 heteroatoms. The number of fused-ring (bicyclic) bond motifs is 1. The minimum absolute atomic E-state index is 0.0126. The third-order valence-corrected chi connectivity index (χ3v) is 4.85.